The van der Waals surface area contributed by atoms with Crippen LogP contribution in [0.25, 0.3) is 0 Å². The maximum atomic E-state index is 11.7. The van der Waals surface area contributed by atoms with E-state index in [0.29, 0.717) is 12.8 Å². The van der Waals surface area contributed by atoms with E-state index in [1.165, 1.54) is 6.92 Å². The van der Waals surface area contributed by atoms with Crippen LogP contribution in [-0.4, -0.2) is 43.1 Å². The fraction of sp³-hybridized carbons (Fsp3) is 0.909. The van der Waals surface area contributed by atoms with Crippen LogP contribution in [0.2, 0.25) is 0 Å². The summed E-state index contributed by atoms with van der Waals surface area (Å²) in [6.45, 7) is 1.37. The molecule has 3 unspecified atom stereocenters. The zero-order chi connectivity index (χ0) is 13.1. The molecule has 0 aromatic heterocycles. The summed E-state index contributed by atoms with van der Waals surface area (Å²) in [6.07, 6.45) is 4.81. The first-order chi connectivity index (χ1) is 7.82. The van der Waals surface area contributed by atoms with Gasteiger partial charge in [-0.2, -0.15) is 0 Å². The number of aliphatic hydroxyl groups is 1. The quantitative estimate of drug-likeness (QED) is 0.714. The lowest BCUT2D eigenvalue weighted by atomic mass is 10.1. The number of carbonyl (C=O) groups is 1. The second-order valence-corrected chi connectivity index (χ2v) is 7.16. The van der Waals surface area contributed by atoms with Crippen molar-refractivity contribution >= 4 is 15.7 Å². The van der Waals surface area contributed by atoms with Gasteiger partial charge in [-0.15, -0.1) is 0 Å². The zero-order valence-electron chi connectivity index (χ0n) is 10.3. The molecule has 17 heavy (non-hydrogen) atoms. The molecule has 1 fully saturated rings. The molecule has 3 atom stereocenters. The SMILES string of the molecule is CC(C(=O)NC1CCCCCC1O)S(C)(=O)=O. The van der Waals surface area contributed by atoms with Crippen molar-refractivity contribution in [2.75, 3.05) is 6.26 Å². The van der Waals surface area contributed by atoms with Gasteiger partial charge in [-0.05, 0) is 19.8 Å². The molecule has 0 aromatic carbocycles. The zero-order valence-corrected chi connectivity index (χ0v) is 11.2. The van der Waals surface area contributed by atoms with Crippen LogP contribution in [0, 0.1) is 0 Å². The summed E-state index contributed by atoms with van der Waals surface area (Å²) in [5, 5.41) is 11.4. The summed E-state index contributed by atoms with van der Waals surface area (Å²) >= 11 is 0. The molecule has 1 saturated carbocycles. The number of carbonyl (C=O) groups excluding carboxylic acids is 1. The topological polar surface area (TPSA) is 83.5 Å². The van der Waals surface area contributed by atoms with Crippen molar-refractivity contribution in [1.82, 2.24) is 5.32 Å². The third-order valence-electron chi connectivity index (χ3n) is 3.32. The average Bonchev–Trinajstić information content (AvgIpc) is 2.42. The van der Waals surface area contributed by atoms with Crippen LogP contribution in [0.1, 0.15) is 39.0 Å². The maximum absolute atomic E-state index is 11.7. The number of amides is 1. The minimum atomic E-state index is -3.37. The van der Waals surface area contributed by atoms with Crippen molar-refractivity contribution in [3.63, 3.8) is 0 Å². The Morgan fingerprint density at radius 2 is 1.88 bits per heavy atom. The number of sulfone groups is 1. The Balaban J connectivity index is 2.60. The van der Waals surface area contributed by atoms with Gasteiger partial charge in [0.2, 0.25) is 5.91 Å². The van der Waals surface area contributed by atoms with Crippen LogP contribution in [0.15, 0.2) is 0 Å². The second kappa shape index (κ2) is 5.82. The largest absolute Gasteiger partial charge is 0.391 e. The summed E-state index contributed by atoms with van der Waals surface area (Å²) < 4.78 is 22.5. The Kier molecular flexibility index (Phi) is 4.94. The number of nitrogens with one attached hydrogen (secondary N) is 1. The van der Waals surface area contributed by atoms with Gasteiger partial charge in [0, 0.05) is 6.26 Å². The van der Waals surface area contributed by atoms with Crippen LogP contribution in [0.4, 0.5) is 0 Å². The van der Waals surface area contributed by atoms with Crippen molar-refractivity contribution in [3.8, 4) is 0 Å². The first kappa shape index (κ1) is 14.4. The number of hydrogen-bond acceptors (Lipinski definition) is 4. The van der Waals surface area contributed by atoms with Crippen molar-refractivity contribution in [3.05, 3.63) is 0 Å². The highest BCUT2D eigenvalue weighted by Crippen LogP contribution is 2.18. The number of aliphatic hydroxyl groups excluding tert-OH is 1. The van der Waals surface area contributed by atoms with Gasteiger partial charge < -0.3 is 10.4 Å². The molecule has 1 aliphatic carbocycles. The minimum Gasteiger partial charge on any atom is -0.391 e. The normalized spacial score (nSPS) is 28.2. The molecule has 0 radical (unpaired) electrons. The van der Waals surface area contributed by atoms with Gasteiger partial charge in [-0.3, -0.25) is 4.79 Å². The summed E-state index contributed by atoms with van der Waals surface area (Å²) in [5.74, 6) is -0.515. The van der Waals surface area contributed by atoms with Gasteiger partial charge in [0.1, 0.15) is 5.25 Å². The Bertz CT molecular complexity index is 366. The lowest BCUT2D eigenvalue weighted by Crippen LogP contribution is -2.47. The monoisotopic (exact) mass is 263 g/mol. The van der Waals surface area contributed by atoms with Gasteiger partial charge in [-0.25, -0.2) is 8.42 Å². The van der Waals surface area contributed by atoms with Gasteiger partial charge in [0.25, 0.3) is 0 Å². The number of rotatable bonds is 3. The summed E-state index contributed by atoms with van der Waals surface area (Å²) in [4.78, 5) is 11.7. The fourth-order valence-electron chi connectivity index (χ4n) is 1.95. The van der Waals surface area contributed by atoms with Crippen molar-refractivity contribution in [2.24, 2.45) is 0 Å². The summed E-state index contributed by atoms with van der Waals surface area (Å²) in [6, 6.07) is -0.311. The molecule has 0 spiro atoms. The van der Waals surface area contributed by atoms with E-state index in [0.717, 1.165) is 25.5 Å². The van der Waals surface area contributed by atoms with Crippen molar-refractivity contribution in [1.29, 1.82) is 0 Å². The highest BCUT2D eigenvalue weighted by molar-refractivity contribution is 7.92. The molecule has 1 aliphatic rings. The molecule has 6 heteroatoms. The molecule has 1 rings (SSSR count). The van der Waals surface area contributed by atoms with E-state index < -0.39 is 27.1 Å². The van der Waals surface area contributed by atoms with Crippen LogP contribution in [0.3, 0.4) is 0 Å². The van der Waals surface area contributed by atoms with Crippen molar-refractivity contribution in [2.45, 2.75) is 56.4 Å². The predicted octanol–water partition coefficient (Wildman–Crippen LogP) is 0.229. The molecule has 0 heterocycles. The van der Waals surface area contributed by atoms with E-state index in [2.05, 4.69) is 5.32 Å². The fourth-order valence-corrected chi connectivity index (χ4v) is 2.41. The third-order valence-corrected chi connectivity index (χ3v) is 4.82. The second-order valence-electron chi connectivity index (χ2n) is 4.79. The molecule has 5 nitrogen and oxygen atoms in total. The Hall–Kier alpha value is -0.620. The van der Waals surface area contributed by atoms with E-state index in [1.54, 1.807) is 0 Å². The van der Waals surface area contributed by atoms with Gasteiger partial charge in [0.05, 0.1) is 12.1 Å². The molecule has 0 bridgehead atoms. The highest BCUT2D eigenvalue weighted by atomic mass is 32.2. The van der Waals surface area contributed by atoms with E-state index in [4.69, 9.17) is 0 Å². The molecule has 0 aliphatic heterocycles. The highest BCUT2D eigenvalue weighted by Gasteiger charge is 2.28. The number of hydrogen-bond donors (Lipinski definition) is 2. The molecular formula is C11H21NO4S. The Morgan fingerprint density at radius 1 is 1.29 bits per heavy atom. The molecule has 0 aromatic rings. The van der Waals surface area contributed by atoms with E-state index >= 15 is 0 Å². The van der Waals surface area contributed by atoms with Crippen LogP contribution < -0.4 is 5.32 Å². The Labute approximate surface area is 103 Å². The van der Waals surface area contributed by atoms with Gasteiger partial charge >= 0.3 is 0 Å². The lowest BCUT2D eigenvalue weighted by Gasteiger charge is -2.23. The molecular weight excluding hydrogens is 242 g/mol. The van der Waals surface area contributed by atoms with Gasteiger partial charge in [0.15, 0.2) is 9.84 Å². The molecule has 1 amide bonds. The molecule has 0 saturated heterocycles. The standard InChI is InChI=1S/C11H21NO4S/c1-8(17(2,15)16)11(14)12-9-6-4-3-5-7-10(9)13/h8-10,13H,3-7H2,1-2H3,(H,12,14). The van der Waals surface area contributed by atoms with Gasteiger partial charge in [-0.1, -0.05) is 19.3 Å². The van der Waals surface area contributed by atoms with Crippen LogP contribution in [-0.2, 0) is 14.6 Å². The lowest BCUT2D eigenvalue weighted by molar-refractivity contribution is -0.122. The summed E-state index contributed by atoms with van der Waals surface area (Å²) in [5.41, 5.74) is 0. The van der Waals surface area contributed by atoms with Crippen LogP contribution >= 0.6 is 0 Å². The molecule has 2 N–H and O–H groups in total. The van der Waals surface area contributed by atoms with E-state index in [9.17, 15) is 18.3 Å². The third kappa shape index (κ3) is 4.27. The maximum Gasteiger partial charge on any atom is 0.238 e. The Morgan fingerprint density at radius 3 is 2.47 bits per heavy atom. The minimum absolute atomic E-state index is 0.311. The van der Waals surface area contributed by atoms with Crippen LogP contribution in [0.5, 0.6) is 0 Å². The first-order valence-electron chi connectivity index (χ1n) is 5.99. The first-order valence-corrected chi connectivity index (χ1v) is 7.95. The van der Waals surface area contributed by atoms with E-state index in [1.807, 2.05) is 0 Å². The predicted molar refractivity (Wildman–Crippen MR) is 65.3 cm³/mol. The smallest absolute Gasteiger partial charge is 0.238 e. The summed E-state index contributed by atoms with van der Waals surface area (Å²) in [7, 11) is -3.37. The average molecular weight is 263 g/mol. The van der Waals surface area contributed by atoms with E-state index in [-0.39, 0.29) is 6.04 Å². The molecule has 100 valence electrons. The van der Waals surface area contributed by atoms with Crippen molar-refractivity contribution < 1.29 is 18.3 Å².